The van der Waals surface area contributed by atoms with Gasteiger partial charge >= 0.3 is 0 Å². The van der Waals surface area contributed by atoms with Crippen molar-refractivity contribution in [3.8, 4) is 0 Å². The first-order valence-corrected chi connectivity index (χ1v) is 12.1. The highest BCUT2D eigenvalue weighted by molar-refractivity contribution is 7.89. The molecule has 2 aromatic rings. The summed E-state index contributed by atoms with van der Waals surface area (Å²) in [5.74, 6) is 0.421. The molecule has 28 heavy (non-hydrogen) atoms. The molecule has 0 radical (unpaired) electrons. The Morgan fingerprint density at radius 2 is 1.82 bits per heavy atom. The summed E-state index contributed by atoms with van der Waals surface area (Å²) in [5.41, 5.74) is 0.689. The van der Waals surface area contributed by atoms with Gasteiger partial charge in [0, 0.05) is 19.5 Å². The minimum Gasteiger partial charge on any atom is -0.302 e. The van der Waals surface area contributed by atoms with Gasteiger partial charge in [0.2, 0.25) is 15.9 Å². The van der Waals surface area contributed by atoms with Crippen LogP contribution in [0.2, 0.25) is 0 Å². The largest absolute Gasteiger partial charge is 0.302 e. The number of carbonyl (C=O) groups excluding carboxylic acids is 1. The molecule has 0 atom stereocenters. The fraction of sp³-hybridized carbons (Fsp3) is 0.600. The fourth-order valence-corrected chi connectivity index (χ4v) is 5.66. The van der Waals surface area contributed by atoms with E-state index >= 15 is 0 Å². The molecule has 0 aliphatic heterocycles. The van der Waals surface area contributed by atoms with Crippen LogP contribution in [0, 0.1) is 11.8 Å². The molecular formula is C20H31N3O3S2. The summed E-state index contributed by atoms with van der Waals surface area (Å²) in [6, 6.07) is 4.98. The number of benzene rings is 1. The third-order valence-electron chi connectivity index (χ3n) is 4.14. The Morgan fingerprint density at radius 3 is 2.39 bits per heavy atom. The Kier molecular flexibility index (Phi) is 7.97. The molecule has 0 saturated carbocycles. The van der Waals surface area contributed by atoms with Crippen molar-refractivity contribution in [3.63, 3.8) is 0 Å². The molecule has 1 heterocycles. The van der Waals surface area contributed by atoms with Gasteiger partial charge in [-0.3, -0.25) is 4.79 Å². The highest BCUT2D eigenvalue weighted by Gasteiger charge is 2.26. The van der Waals surface area contributed by atoms with Crippen LogP contribution in [0.5, 0.6) is 0 Å². The van der Waals surface area contributed by atoms with Gasteiger partial charge in [-0.1, -0.05) is 52.4 Å². The Bertz CT molecular complexity index is 895. The molecule has 8 heteroatoms. The van der Waals surface area contributed by atoms with Gasteiger partial charge in [0.05, 0.1) is 15.1 Å². The minimum atomic E-state index is -3.58. The van der Waals surface area contributed by atoms with Crippen molar-refractivity contribution in [2.45, 2.75) is 58.8 Å². The summed E-state index contributed by atoms with van der Waals surface area (Å²) < 4.78 is 28.7. The van der Waals surface area contributed by atoms with E-state index in [2.05, 4.69) is 10.3 Å². The summed E-state index contributed by atoms with van der Waals surface area (Å²) in [4.78, 5) is 16.6. The zero-order chi connectivity index (χ0) is 20.9. The van der Waals surface area contributed by atoms with Gasteiger partial charge in [0.1, 0.15) is 0 Å². The molecule has 1 aromatic heterocycles. The molecule has 0 unspecified atom stereocenters. The van der Waals surface area contributed by atoms with Crippen molar-refractivity contribution in [1.29, 1.82) is 0 Å². The third kappa shape index (κ3) is 5.99. The van der Waals surface area contributed by atoms with Crippen LogP contribution < -0.4 is 5.32 Å². The van der Waals surface area contributed by atoms with Crippen LogP contribution in [0.15, 0.2) is 23.1 Å². The summed E-state index contributed by atoms with van der Waals surface area (Å²) in [6.07, 6.45) is 2.25. The quantitative estimate of drug-likeness (QED) is 0.597. The van der Waals surface area contributed by atoms with E-state index in [1.54, 1.807) is 22.5 Å². The average molecular weight is 426 g/mol. The lowest BCUT2D eigenvalue weighted by molar-refractivity contribution is -0.116. The van der Waals surface area contributed by atoms with Gasteiger partial charge in [-0.25, -0.2) is 13.4 Å². The number of nitrogens with one attached hydrogen (secondary N) is 1. The highest BCUT2D eigenvalue weighted by atomic mass is 32.2. The number of anilines is 1. The molecule has 2 rings (SSSR count). The molecule has 1 amide bonds. The molecule has 1 aromatic carbocycles. The number of hydrogen-bond donors (Lipinski definition) is 1. The fourth-order valence-electron chi connectivity index (χ4n) is 2.87. The Labute approximate surface area is 172 Å². The van der Waals surface area contributed by atoms with Crippen LogP contribution in [0.1, 0.15) is 53.9 Å². The zero-order valence-electron chi connectivity index (χ0n) is 17.4. The number of sulfonamides is 1. The number of amides is 1. The topological polar surface area (TPSA) is 79.4 Å². The summed E-state index contributed by atoms with van der Waals surface area (Å²) in [7, 11) is -3.58. The van der Waals surface area contributed by atoms with Crippen molar-refractivity contribution in [1.82, 2.24) is 9.29 Å². The van der Waals surface area contributed by atoms with E-state index in [1.807, 2.05) is 34.6 Å². The maximum absolute atomic E-state index is 13.2. The summed E-state index contributed by atoms with van der Waals surface area (Å²) >= 11 is 1.30. The van der Waals surface area contributed by atoms with Crippen molar-refractivity contribution in [3.05, 3.63) is 18.2 Å². The number of fused-ring (bicyclic) bond motifs is 1. The summed E-state index contributed by atoms with van der Waals surface area (Å²) in [5, 5.41) is 3.31. The molecule has 0 fully saturated rings. The van der Waals surface area contributed by atoms with Crippen LogP contribution in [-0.4, -0.2) is 36.7 Å². The van der Waals surface area contributed by atoms with E-state index in [0.29, 0.717) is 30.2 Å². The van der Waals surface area contributed by atoms with Crippen LogP contribution in [-0.2, 0) is 14.8 Å². The maximum Gasteiger partial charge on any atom is 0.243 e. The molecule has 0 saturated heterocycles. The van der Waals surface area contributed by atoms with E-state index in [9.17, 15) is 13.2 Å². The second-order valence-electron chi connectivity index (χ2n) is 7.91. The van der Waals surface area contributed by atoms with Crippen molar-refractivity contribution in [2.75, 3.05) is 18.4 Å². The molecule has 156 valence electrons. The number of aromatic nitrogens is 1. The van der Waals surface area contributed by atoms with Gasteiger partial charge in [-0.05, 0) is 36.5 Å². The normalized spacial score (nSPS) is 12.4. The van der Waals surface area contributed by atoms with Gasteiger partial charge in [0.25, 0.3) is 0 Å². The standard InChI is InChI=1S/C20H31N3O3S2/c1-6-7-8-19(24)22-20-21-17-10-9-16(11-18(17)27-20)28(25,26)23(12-14(2)3)13-15(4)5/h9-11,14-15H,6-8,12-13H2,1-5H3,(H,21,22,24). The van der Waals surface area contributed by atoms with Crippen molar-refractivity contribution >= 4 is 42.6 Å². The summed E-state index contributed by atoms with van der Waals surface area (Å²) in [6.45, 7) is 11.1. The number of carbonyl (C=O) groups is 1. The van der Waals surface area contributed by atoms with Crippen LogP contribution >= 0.6 is 11.3 Å². The number of unbranched alkanes of at least 4 members (excludes halogenated alkanes) is 1. The van der Waals surface area contributed by atoms with Gasteiger partial charge in [-0.15, -0.1) is 0 Å². The van der Waals surface area contributed by atoms with Crippen molar-refractivity contribution < 1.29 is 13.2 Å². The maximum atomic E-state index is 13.2. The zero-order valence-corrected chi connectivity index (χ0v) is 19.0. The average Bonchev–Trinajstić information content (AvgIpc) is 2.99. The second-order valence-corrected chi connectivity index (χ2v) is 10.9. The second kappa shape index (κ2) is 9.80. The number of hydrogen-bond acceptors (Lipinski definition) is 5. The minimum absolute atomic E-state index is 0.0613. The first-order chi connectivity index (χ1) is 13.1. The molecule has 1 N–H and O–H groups in total. The Morgan fingerprint density at radius 1 is 1.18 bits per heavy atom. The highest BCUT2D eigenvalue weighted by Crippen LogP contribution is 2.30. The Balaban J connectivity index is 2.29. The van der Waals surface area contributed by atoms with Crippen LogP contribution in [0.25, 0.3) is 10.2 Å². The predicted molar refractivity (Wildman–Crippen MR) is 116 cm³/mol. The number of nitrogens with zero attached hydrogens (tertiary/aromatic N) is 2. The van der Waals surface area contributed by atoms with E-state index < -0.39 is 10.0 Å². The molecule has 0 bridgehead atoms. The van der Waals surface area contributed by atoms with E-state index in [0.717, 1.165) is 17.5 Å². The van der Waals surface area contributed by atoms with Crippen molar-refractivity contribution in [2.24, 2.45) is 11.8 Å². The van der Waals surface area contributed by atoms with E-state index in [4.69, 9.17) is 0 Å². The molecular weight excluding hydrogens is 394 g/mol. The Hall–Kier alpha value is -1.51. The first kappa shape index (κ1) is 22.8. The third-order valence-corrected chi connectivity index (χ3v) is 6.90. The smallest absolute Gasteiger partial charge is 0.243 e. The van der Waals surface area contributed by atoms with E-state index in [1.165, 1.54) is 11.3 Å². The lowest BCUT2D eigenvalue weighted by Crippen LogP contribution is -2.37. The van der Waals surface area contributed by atoms with E-state index in [-0.39, 0.29) is 22.6 Å². The van der Waals surface area contributed by atoms with Crippen LogP contribution in [0.4, 0.5) is 5.13 Å². The van der Waals surface area contributed by atoms with Crippen LogP contribution in [0.3, 0.4) is 0 Å². The van der Waals surface area contributed by atoms with Gasteiger partial charge < -0.3 is 5.32 Å². The first-order valence-electron chi connectivity index (χ1n) is 9.84. The lowest BCUT2D eigenvalue weighted by atomic mass is 10.2. The molecule has 0 spiro atoms. The number of thiazole rings is 1. The lowest BCUT2D eigenvalue weighted by Gasteiger charge is -2.25. The monoisotopic (exact) mass is 425 g/mol. The van der Waals surface area contributed by atoms with Gasteiger partial charge in [-0.2, -0.15) is 4.31 Å². The van der Waals surface area contributed by atoms with Gasteiger partial charge in [0.15, 0.2) is 5.13 Å². The number of rotatable bonds is 10. The SMILES string of the molecule is CCCCC(=O)Nc1nc2ccc(S(=O)(=O)N(CC(C)C)CC(C)C)cc2s1. The molecule has 0 aliphatic carbocycles. The molecule has 6 nitrogen and oxygen atoms in total. The molecule has 0 aliphatic rings. The predicted octanol–water partition coefficient (Wildman–Crippen LogP) is 4.73.